The summed E-state index contributed by atoms with van der Waals surface area (Å²) in [4.78, 5) is 21.4. The molecule has 5 nitrogen and oxygen atoms in total. The van der Waals surface area contributed by atoms with Gasteiger partial charge in [0.1, 0.15) is 12.6 Å². The minimum absolute atomic E-state index is 0.0277. The molecule has 0 spiro atoms. The maximum absolute atomic E-state index is 12.4. The van der Waals surface area contributed by atoms with Crippen molar-refractivity contribution in [1.82, 2.24) is 0 Å². The second-order valence-electron chi connectivity index (χ2n) is 9.36. The van der Waals surface area contributed by atoms with E-state index in [9.17, 15) is 4.79 Å². The van der Waals surface area contributed by atoms with Gasteiger partial charge in [-0.3, -0.25) is 9.59 Å². The van der Waals surface area contributed by atoms with Gasteiger partial charge in [0, 0.05) is 18.8 Å². The van der Waals surface area contributed by atoms with Crippen LogP contribution in [0.15, 0.2) is 11.6 Å². The number of carboxylic acids is 1. The first-order chi connectivity index (χ1) is 12.7. The molecule has 4 aliphatic rings. The number of carboxylic acid groups (broad SMARTS) is 1. The fourth-order valence-corrected chi connectivity index (χ4v) is 6.65. The highest BCUT2D eigenvalue weighted by molar-refractivity contribution is 5.87. The monoisotopic (exact) mass is 378 g/mol. The summed E-state index contributed by atoms with van der Waals surface area (Å²) < 4.78 is 5.48. The minimum Gasteiger partial charge on any atom is -0.481 e. The van der Waals surface area contributed by atoms with Gasteiger partial charge in [0.25, 0.3) is 5.97 Å². The van der Waals surface area contributed by atoms with E-state index >= 15 is 0 Å². The van der Waals surface area contributed by atoms with Gasteiger partial charge in [-0.1, -0.05) is 25.5 Å². The van der Waals surface area contributed by atoms with Crippen molar-refractivity contribution in [1.29, 1.82) is 0 Å². The molecular formula is C22H34O5. The zero-order valence-corrected chi connectivity index (χ0v) is 16.9. The fourth-order valence-electron chi connectivity index (χ4n) is 6.65. The lowest BCUT2D eigenvalue weighted by molar-refractivity contribution is -0.134. The lowest BCUT2D eigenvalue weighted by Gasteiger charge is -2.57. The van der Waals surface area contributed by atoms with E-state index in [0.29, 0.717) is 23.0 Å². The van der Waals surface area contributed by atoms with Gasteiger partial charge in [0.2, 0.25) is 0 Å². The van der Waals surface area contributed by atoms with E-state index < -0.39 is 5.97 Å². The van der Waals surface area contributed by atoms with E-state index in [1.807, 2.05) is 0 Å². The third-order valence-electron chi connectivity index (χ3n) is 8.08. The van der Waals surface area contributed by atoms with E-state index in [1.165, 1.54) is 12.8 Å². The van der Waals surface area contributed by atoms with Crippen molar-refractivity contribution in [3.8, 4) is 0 Å². The van der Waals surface area contributed by atoms with E-state index in [2.05, 4.69) is 19.9 Å². The summed E-state index contributed by atoms with van der Waals surface area (Å²) in [6, 6.07) is 0. The van der Waals surface area contributed by atoms with Gasteiger partial charge in [-0.2, -0.15) is 0 Å². The van der Waals surface area contributed by atoms with Crippen LogP contribution in [0.3, 0.4) is 0 Å². The zero-order chi connectivity index (χ0) is 19.8. The van der Waals surface area contributed by atoms with Crippen molar-refractivity contribution >= 4 is 11.8 Å². The predicted molar refractivity (Wildman–Crippen MR) is 102 cm³/mol. The van der Waals surface area contributed by atoms with Gasteiger partial charge in [0.05, 0.1) is 6.10 Å². The zero-order valence-electron chi connectivity index (χ0n) is 16.9. The van der Waals surface area contributed by atoms with Crippen LogP contribution in [-0.4, -0.2) is 34.9 Å². The molecule has 0 heterocycles. The number of aliphatic hydroxyl groups excluding tert-OH is 1. The van der Waals surface area contributed by atoms with Crippen LogP contribution in [0.5, 0.6) is 0 Å². The number of hydrogen-bond donors (Lipinski definition) is 2. The van der Waals surface area contributed by atoms with Crippen molar-refractivity contribution in [2.75, 3.05) is 6.79 Å². The Hall–Kier alpha value is -1.20. The summed E-state index contributed by atoms with van der Waals surface area (Å²) >= 11 is 0. The maximum Gasteiger partial charge on any atom is 0.300 e. The molecule has 0 radical (unpaired) electrons. The molecule has 5 heteroatoms. The standard InChI is InChI=1S/C20H30O3.C2H4O2/c1-19-9-7-14(23-12-21)11-13(19)3-4-15-16-5-6-18(22)20(16,2)10-8-17(15)19;1-2(3)4/h3,14-17,21H,4-12H2,1-2H3;1H3,(H,3,4)/t14-,15-,16-,17-,19-,20-;/m0./s1. The largest absolute Gasteiger partial charge is 0.481 e. The molecule has 0 aromatic rings. The van der Waals surface area contributed by atoms with Crippen molar-refractivity contribution < 1.29 is 24.5 Å². The number of allylic oxidation sites excluding steroid dienone is 1. The molecular weight excluding hydrogens is 344 g/mol. The Morgan fingerprint density at radius 2 is 1.81 bits per heavy atom. The first kappa shape index (κ1) is 20.5. The van der Waals surface area contributed by atoms with Gasteiger partial charge >= 0.3 is 0 Å². The molecule has 0 unspecified atom stereocenters. The molecule has 6 atom stereocenters. The van der Waals surface area contributed by atoms with Crippen LogP contribution in [0, 0.1) is 28.6 Å². The van der Waals surface area contributed by atoms with Crippen molar-refractivity contribution in [2.45, 2.75) is 78.2 Å². The summed E-state index contributed by atoms with van der Waals surface area (Å²) in [5.74, 6) is 1.74. The Kier molecular flexibility index (Phi) is 5.83. The number of aliphatic carboxylic acids is 1. The highest BCUT2D eigenvalue weighted by atomic mass is 16.6. The van der Waals surface area contributed by atoms with Gasteiger partial charge < -0.3 is 14.9 Å². The number of aliphatic hydroxyl groups is 1. The number of fused-ring (bicyclic) bond motifs is 5. The lowest BCUT2D eigenvalue weighted by atomic mass is 9.48. The Morgan fingerprint density at radius 3 is 2.48 bits per heavy atom. The molecule has 152 valence electrons. The topological polar surface area (TPSA) is 83.8 Å². The summed E-state index contributed by atoms with van der Waals surface area (Å²) in [5.41, 5.74) is 1.84. The summed E-state index contributed by atoms with van der Waals surface area (Å²) in [6.45, 7) is 5.63. The van der Waals surface area contributed by atoms with Crippen LogP contribution in [0.4, 0.5) is 0 Å². The Bertz CT molecular complexity index is 622. The van der Waals surface area contributed by atoms with Crippen molar-refractivity contribution in [2.24, 2.45) is 28.6 Å². The molecule has 0 aromatic carbocycles. The highest BCUT2D eigenvalue weighted by Crippen LogP contribution is 2.64. The van der Waals surface area contributed by atoms with Crippen LogP contribution in [-0.2, 0) is 14.3 Å². The molecule has 2 N–H and O–H groups in total. The second-order valence-corrected chi connectivity index (χ2v) is 9.36. The smallest absolute Gasteiger partial charge is 0.300 e. The average molecular weight is 379 g/mol. The van der Waals surface area contributed by atoms with Crippen LogP contribution >= 0.6 is 0 Å². The number of hydrogen-bond acceptors (Lipinski definition) is 4. The molecule has 0 amide bonds. The second kappa shape index (κ2) is 7.67. The molecule has 3 fully saturated rings. The minimum atomic E-state index is -0.833. The molecule has 4 aliphatic carbocycles. The number of rotatable bonds is 2. The van der Waals surface area contributed by atoms with E-state index in [0.717, 1.165) is 51.4 Å². The molecule has 0 bridgehead atoms. The first-order valence-electron chi connectivity index (χ1n) is 10.4. The van der Waals surface area contributed by atoms with Gasteiger partial charge in [0.15, 0.2) is 0 Å². The third-order valence-corrected chi connectivity index (χ3v) is 8.08. The number of ketones is 1. The fraction of sp³-hybridized carbons (Fsp3) is 0.818. The summed E-state index contributed by atoms with van der Waals surface area (Å²) in [6.07, 6.45) is 11.3. The number of carbonyl (C=O) groups is 2. The van der Waals surface area contributed by atoms with Crippen LogP contribution in [0.1, 0.15) is 72.1 Å². The Labute approximate surface area is 162 Å². The number of Topliss-reactive ketones (excluding diaryl/α,β-unsaturated/α-hetero) is 1. The Balaban J connectivity index is 0.000000481. The highest BCUT2D eigenvalue weighted by Gasteiger charge is 2.58. The van der Waals surface area contributed by atoms with Gasteiger partial charge in [-0.15, -0.1) is 0 Å². The molecule has 0 aromatic heterocycles. The molecule has 3 saturated carbocycles. The van der Waals surface area contributed by atoms with Gasteiger partial charge in [-0.25, -0.2) is 0 Å². The molecule has 0 aliphatic heterocycles. The molecule has 27 heavy (non-hydrogen) atoms. The summed E-state index contributed by atoms with van der Waals surface area (Å²) in [7, 11) is 0. The normalized spacial score (nSPS) is 42.8. The predicted octanol–water partition coefficient (Wildman–Crippen LogP) is 3.94. The van der Waals surface area contributed by atoms with Crippen LogP contribution in [0.2, 0.25) is 0 Å². The van der Waals surface area contributed by atoms with E-state index in [-0.39, 0.29) is 18.3 Å². The van der Waals surface area contributed by atoms with Crippen LogP contribution < -0.4 is 0 Å². The summed E-state index contributed by atoms with van der Waals surface area (Å²) in [5, 5.41) is 16.5. The number of carbonyl (C=O) groups excluding carboxylic acids is 1. The quantitative estimate of drug-likeness (QED) is 0.561. The molecule has 0 saturated heterocycles. The molecule has 4 rings (SSSR count). The Morgan fingerprint density at radius 1 is 1.19 bits per heavy atom. The first-order valence-corrected chi connectivity index (χ1v) is 10.4. The van der Waals surface area contributed by atoms with Gasteiger partial charge in [-0.05, 0) is 68.1 Å². The average Bonchev–Trinajstić information content (AvgIpc) is 2.90. The van der Waals surface area contributed by atoms with Crippen molar-refractivity contribution in [3.63, 3.8) is 0 Å². The SMILES string of the molecule is CC(=O)O.C[C@]12CC[C@H](OCO)CC1=CC[C@@H]1[C@@H]2CC[C@]2(C)C(=O)CC[C@@H]12. The number of ether oxygens (including phenoxy) is 1. The maximum atomic E-state index is 12.4. The third kappa shape index (κ3) is 3.61. The van der Waals surface area contributed by atoms with Crippen LogP contribution in [0.25, 0.3) is 0 Å². The van der Waals surface area contributed by atoms with E-state index in [1.54, 1.807) is 5.57 Å². The lowest BCUT2D eigenvalue weighted by Crippen LogP contribution is -2.50. The van der Waals surface area contributed by atoms with E-state index in [4.69, 9.17) is 19.7 Å². The van der Waals surface area contributed by atoms with Crippen molar-refractivity contribution in [3.05, 3.63) is 11.6 Å².